The fraction of sp³-hybridized carbons (Fsp3) is 0.467. The molecule has 1 aromatic carbocycles. The molecule has 3 rings (SSSR count). The molecule has 1 aromatic rings. The fourth-order valence-electron chi connectivity index (χ4n) is 2.69. The first-order chi connectivity index (χ1) is 10.1. The highest BCUT2D eigenvalue weighted by Crippen LogP contribution is 2.29. The Hall–Kier alpha value is -0.330. The predicted molar refractivity (Wildman–Crippen MR) is 93.3 cm³/mol. The summed E-state index contributed by atoms with van der Waals surface area (Å²) in [5.41, 5.74) is 3.55. The van der Waals surface area contributed by atoms with E-state index in [4.69, 9.17) is 11.6 Å². The Kier molecular flexibility index (Phi) is 6.32. The van der Waals surface area contributed by atoms with E-state index in [-0.39, 0.29) is 0 Å². The summed E-state index contributed by atoms with van der Waals surface area (Å²) >= 11 is 9.81. The molecule has 0 saturated heterocycles. The smallest absolute Gasteiger partial charge is 0.125 e. The zero-order chi connectivity index (χ0) is 15.4. The molecular formula is C15H21ClN2OS2. The van der Waals surface area contributed by atoms with Crippen LogP contribution in [0.1, 0.15) is 24.5 Å². The fourth-order valence-corrected chi connectivity index (χ4v) is 4.15. The second-order valence-corrected chi connectivity index (χ2v) is 6.87. The minimum atomic E-state index is -1.10. The highest BCUT2D eigenvalue weighted by molar-refractivity contribution is 7.83. The average molecular weight is 345 g/mol. The first-order valence-electron chi connectivity index (χ1n) is 6.93. The summed E-state index contributed by atoms with van der Waals surface area (Å²) in [7, 11) is -1.10. The number of fused-ring (bicyclic) bond motifs is 1. The van der Waals surface area contributed by atoms with Crippen LogP contribution in [0.5, 0.6) is 0 Å². The molecule has 0 bridgehead atoms. The van der Waals surface area contributed by atoms with E-state index >= 15 is 0 Å². The van der Waals surface area contributed by atoms with Gasteiger partial charge in [0.05, 0.1) is 4.90 Å². The lowest BCUT2D eigenvalue weighted by Gasteiger charge is -2.26. The summed E-state index contributed by atoms with van der Waals surface area (Å²) in [4.78, 5) is 3.25. The standard InChI is InChI=1S/C14H17ClN2OS.CH4S/c1-10-3-2-4-17(8-10)9-11-5-13(15)12-7-16-19(18)14(12)6-11;1-2/h3,5-6,16H,2,4,7-9H2,1H3;2H,1H3. The molecule has 0 radical (unpaired) electrons. The molecule has 0 aliphatic carbocycles. The van der Waals surface area contributed by atoms with E-state index in [9.17, 15) is 4.21 Å². The zero-order valence-corrected chi connectivity index (χ0v) is 14.8. The van der Waals surface area contributed by atoms with Gasteiger partial charge in [0, 0.05) is 36.8 Å². The molecule has 0 fully saturated rings. The monoisotopic (exact) mass is 344 g/mol. The van der Waals surface area contributed by atoms with E-state index in [1.807, 2.05) is 12.1 Å². The molecule has 0 saturated carbocycles. The third kappa shape index (κ3) is 4.11. The molecule has 1 N–H and O–H groups in total. The number of hydrogen-bond donors (Lipinski definition) is 2. The largest absolute Gasteiger partial charge is 0.295 e. The molecule has 2 heterocycles. The molecule has 1 atom stereocenters. The van der Waals surface area contributed by atoms with Crippen LogP contribution in [0.3, 0.4) is 0 Å². The maximum absolute atomic E-state index is 11.8. The third-order valence-corrected chi connectivity index (χ3v) is 5.12. The van der Waals surface area contributed by atoms with Gasteiger partial charge in [-0.2, -0.15) is 12.6 Å². The highest BCUT2D eigenvalue weighted by Gasteiger charge is 2.22. The van der Waals surface area contributed by atoms with E-state index in [0.717, 1.165) is 47.1 Å². The first kappa shape index (κ1) is 17.0. The molecule has 2 aliphatic heterocycles. The summed E-state index contributed by atoms with van der Waals surface area (Å²) in [6, 6.07) is 4.04. The molecular weight excluding hydrogens is 324 g/mol. The number of nitrogens with one attached hydrogen (secondary N) is 1. The number of thiol groups is 1. The van der Waals surface area contributed by atoms with Gasteiger partial charge in [-0.1, -0.05) is 23.3 Å². The Morgan fingerprint density at radius 1 is 1.43 bits per heavy atom. The number of rotatable bonds is 2. The van der Waals surface area contributed by atoms with Crippen molar-refractivity contribution in [3.05, 3.63) is 39.9 Å². The highest BCUT2D eigenvalue weighted by atomic mass is 35.5. The molecule has 1 unspecified atom stereocenters. The summed E-state index contributed by atoms with van der Waals surface area (Å²) in [6.07, 6.45) is 5.10. The average Bonchev–Trinajstić information content (AvgIpc) is 2.83. The predicted octanol–water partition coefficient (Wildman–Crippen LogP) is 3.16. The zero-order valence-electron chi connectivity index (χ0n) is 12.4. The van der Waals surface area contributed by atoms with E-state index < -0.39 is 11.0 Å². The van der Waals surface area contributed by atoms with Gasteiger partial charge in [-0.25, -0.2) is 8.93 Å². The lowest BCUT2D eigenvalue weighted by Crippen LogP contribution is -2.28. The molecule has 0 spiro atoms. The molecule has 3 nitrogen and oxygen atoms in total. The Bertz CT molecular complexity index is 575. The third-order valence-electron chi connectivity index (χ3n) is 3.61. The van der Waals surface area contributed by atoms with Crippen LogP contribution in [-0.4, -0.2) is 28.5 Å². The van der Waals surface area contributed by atoms with Gasteiger partial charge >= 0.3 is 0 Å². The van der Waals surface area contributed by atoms with Gasteiger partial charge in [0.2, 0.25) is 0 Å². The maximum Gasteiger partial charge on any atom is 0.125 e. The second-order valence-electron chi connectivity index (χ2n) is 5.19. The van der Waals surface area contributed by atoms with Gasteiger partial charge in [0.25, 0.3) is 0 Å². The SMILES string of the molecule is CC1=CCCN(Cc2cc(Cl)c3c(c2)S(=O)NC3)C1.CS. The second kappa shape index (κ2) is 7.79. The van der Waals surface area contributed by atoms with Crippen LogP contribution in [0.4, 0.5) is 0 Å². The molecule has 116 valence electrons. The molecule has 6 heteroatoms. The Morgan fingerprint density at radius 3 is 2.90 bits per heavy atom. The van der Waals surface area contributed by atoms with Gasteiger partial charge in [-0.05, 0) is 37.3 Å². The van der Waals surface area contributed by atoms with Crippen LogP contribution in [0, 0.1) is 0 Å². The number of halogens is 1. The van der Waals surface area contributed by atoms with Crippen molar-refractivity contribution in [2.45, 2.75) is 31.3 Å². The first-order valence-corrected chi connectivity index (χ1v) is 9.35. The summed E-state index contributed by atoms with van der Waals surface area (Å²) in [6.45, 7) is 5.73. The van der Waals surface area contributed by atoms with Crippen LogP contribution in [-0.2, 0) is 24.1 Å². The van der Waals surface area contributed by atoms with Gasteiger partial charge in [-0.3, -0.25) is 4.90 Å². The number of nitrogens with zero attached hydrogens (tertiary/aromatic N) is 1. The van der Waals surface area contributed by atoms with Crippen LogP contribution in [0.25, 0.3) is 0 Å². The van der Waals surface area contributed by atoms with Crippen molar-refractivity contribution in [1.29, 1.82) is 0 Å². The van der Waals surface area contributed by atoms with Crippen LogP contribution in [0.2, 0.25) is 5.02 Å². The minimum Gasteiger partial charge on any atom is -0.295 e. The normalized spacial score (nSPS) is 21.3. The van der Waals surface area contributed by atoms with Crippen molar-refractivity contribution in [2.24, 2.45) is 0 Å². The Labute approximate surface area is 139 Å². The molecule has 0 aromatic heterocycles. The Morgan fingerprint density at radius 2 is 2.19 bits per heavy atom. The lowest BCUT2D eigenvalue weighted by molar-refractivity contribution is 0.282. The summed E-state index contributed by atoms with van der Waals surface area (Å²) < 4.78 is 14.8. The van der Waals surface area contributed by atoms with Crippen molar-refractivity contribution >= 4 is 35.2 Å². The minimum absolute atomic E-state index is 0.604. The van der Waals surface area contributed by atoms with Gasteiger partial charge in [-0.15, -0.1) is 0 Å². The van der Waals surface area contributed by atoms with Crippen LogP contribution in [0.15, 0.2) is 28.7 Å². The lowest BCUT2D eigenvalue weighted by atomic mass is 10.1. The van der Waals surface area contributed by atoms with Gasteiger partial charge < -0.3 is 0 Å². The number of hydrogen-bond acceptors (Lipinski definition) is 3. The van der Waals surface area contributed by atoms with Crippen molar-refractivity contribution in [2.75, 3.05) is 19.3 Å². The summed E-state index contributed by atoms with van der Waals surface area (Å²) in [5.74, 6) is 0. The van der Waals surface area contributed by atoms with Crippen LogP contribution >= 0.6 is 24.2 Å². The molecule has 2 aliphatic rings. The van der Waals surface area contributed by atoms with Crippen molar-refractivity contribution in [3.63, 3.8) is 0 Å². The molecule has 0 amide bonds. The number of benzene rings is 1. The maximum atomic E-state index is 11.8. The quantitative estimate of drug-likeness (QED) is 0.638. The van der Waals surface area contributed by atoms with E-state index in [1.54, 1.807) is 6.26 Å². The van der Waals surface area contributed by atoms with Crippen molar-refractivity contribution in [1.82, 2.24) is 9.62 Å². The van der Waals surface area contributed by atoms with E-state index in [2.05, 4.69) is 35.3 Å². The Balaban J connectivity index is 0.000000774. The van der Waals surface area contributed by atoms with Gasteiger partial charge in [0.1, 0.15) is 11.0 Å². The van der Waals surface area contributed by atoms with Crippen LogP contribution < -0.4 is 4.72 Å². The molecule has 21 heavy (non-hydrogen) atoms. The topological polar surface area (TPSA) is 32.3 Å². The van der Waals surface area contributed by atoms with Crippen molar-refractivity contribution < 1.29 is 4.21 Å². The van der Waals surface area contributed by atoms with Crippen molar-refractivity contribution in [3.8, 4) is 0 Å². The summed E-state index contributed by atoms with van der Waals surface area (Å²) in [5, 5.41) is 0.732. The van der Waals surface area contributed by atoms with E-state index in [1.165, 1.54) is 5.57 Å². The van der Waals surface area contributed by atoms with E-state index in [0.29, 0.717) is 6.54 Å². The van der Waals surface area contributed by atoms with Gasteiger partial charge in [0.15, 0.2) is 0 Å².